The van der Waals surface area contributed by atoms with Gasteiger partial charge in [-0.15, -0.1) is 5.11 Å². The highest BCUT2D eigenvalue weighted by molar-refractivity contribution is 5.38. The molecule has 0 aliphatic carbocycles. The quantitative estimate of drug-likeness (QED) is 0.811. The summed E-state index contributed by atoms with van der Waals surface area (Å²) in [4.78, 5) is 6.66. The molecule has 108 valence electrons. The zero-order chi connectivity index (χ0) is 14.5. The SMILES string of the molecule is Cc1ccc(/N=N/N2CCN(c3ccccn3)CC2)cc1. The molecule has 0 amide bonds. The van der Waals surface area contributed by atoms with Crippen molar-refractivity contribution in [3.8, 4) is 0 Å². The number of nitrogens with zero attached hydrogens (tertiary/aromatic N) is 5. The fraction of sp³-hybridized carbons (Fsp3) is 0.312. The van der Waals surface area contributed by atoms with E-state index in [0.29, 0.717) is 0 Å². The maximum Gasteiger partial charge on any atom is 0.128 e. The van der Waals surface area contributed by atoms with Gasteiger partial charge in [-0.1, -0.05) is 29.0 Å². The van der Waals surface area contributed by atoms with Gasteiger partial charge in [0.25, 0.3) is 0 Å². The van der Waals surface area contributed by atoms with Crippen LogP contribution in [0.4, 0.5) is 11.5 Å². The molecule has 0 radical (unpaired) electrons. The predicted octanol–water partition coefficient (Wildman–Crippen LogP) is 3.21. The maximum atomic E-state index is 4.38. The van der Waals surface area contributed by atoms with Gasteiger partial charge in [0.05, 0.1) is 18.8 Å². The van der Waals surface area contributed by atoms with Crippen molar-refractivity contribution in [3.63, 3.8) is 0 Å². The lowest BCUT2D eigenvalue weighted by Crippen LogP contribution is -2.44. The molecule has 0 atom stereocenters. The van der Waals surface area contributed by atoms with Gasteiger partial charge in [-0.05, 0) is 31.2 Å². The largest absolute Gasteiger partial charge is 0.353 e. The molecule has 1 aliphatic heterocycles. The summed E-state index contributed by atoms with van der Waals surface area (Å²) in [6, 6.07) is 14.1. The van der Waals surface area contributed by atoms with Crippen LogP contribution in [0.3, 0.4) is 0 Å². The summed E-state index contributed by atoms with van der Waals surface area (Å²) >= 11 is 0. The van der Waals surface area contributed by atoms with Crippen LogP contribution in [0.2, 0.25) is 0 Å². The Morgan fingerprint density at radius 2 is 1.71 bits per heavy atom. The summed E-state index contributed by atoms with van der Waals surface area (Å²) < 4.78 is 0. The molecule has 0 N–H and O–H groups in total. The number of aryl methyl sites for hydroxylation is 1. The van der Waals surface area contributed by atoms with Gasteiger partial charge in [0.15, 0.2) is 0 Å². The second kappa shape index (κ2) is 6.35. The number of hydrogen-bond acceptors (Lipinski definition) is 4. The summed E-state index contributed by atoms with van der Waals surface area (Å²) in [6.45, 7) is 5.64. The molecular formula is C16H19N5. The molecule has 2 aromatic rings. The molecular weight excluding hydrogens is 262 g/mol. The average Bonchev–Trinajstić information content (AvgIpc) is 2.56. The smallest absolute Gasteiger partial charge is 0.128 e. The monoisotopic (exact) mass is 281 g/mol. The van der Waals surface area contributed by atoms with Crippen molar-refractivity contribution in [2.45, 2.75) is 6.92 Å². The lowest BCUT2D eigenvalue weighted by molar-refractivity contribution is 0.253. The third-order valence-electron chi connectivity index (χ3n) is 3.55. The van der Waals surface area contributed by atoms with Crippen LogP contribution in [-0.2, 0) is 0 Å². The lowest BCUT2D eigenvalue weighted by Gasteiger charge is -2.32. The first-order valence-corrected chi connectivity index (χ1v) is 7.20. The number of piperazine rings is 1. The molecule has 1 aliphatic rings. The summed E-state index contributed by atoms with van der Waals surface area (Å²) in [5.74, 6) is 1.03. The molecule has 0 bridgehead atoms. The van der Waals surface area contributed by atoms with Gasteiger partial charge in [-0.25, -0.2) is 4.98 Å². The molecule has 3 rings (SSSR count). The van der Waals surface area contributed by atoms with E-state index < -0.39 is 0 Å². The molecule has 5 heteroatoms. The van der Waals surface area contributed by atoms with Crippen LogP contribution < -0.4 is 4.90 Å². The molecule has 1 aromatic carbocycles. The van der Waals surface area contributed by atoms with E-state index in [1.807, 2.05) is 53.7 Å². The predicted molar refractivity (Wildman–Crippen MR) is 83.7 cm³/mol. The topological polar surface area (TPSA) is 44.1 Å². The van der Waals surface area contributed by atoms with Crippen molar-refractivity contribution in [1.29, 1.82) is 0 Å². The van der Waals surface area contributed by atoms with Crippen LogP contribution in [0.25, 0.3) is 0 Å². The zero-order valence-corrected chi connectivity index (χ0v) is 12.2. The van der Waals surface area contributed by atoms with Crippen molar-refractivity contribution in [1.82, 2.24) is 9.99 Å². The summed E-state index contributed by atoms with van der Waals surface area (Å²) in [7, 11) is 0. The normalized spacial score (nSPS) is 15.7. The molecule has 0 unspecified atom stereocenters. The zero-order valence-electron chi connectivity index (χ0n) is 12.2. The van der Waals surface area contributed by atoms with E-state index in [-0.39, 0.29) is 0 Å². The molecule has 0 saturated carbocycles. The van der Waals surface area contributed by atoms with Crippen LogP contribution >= 0.6 is 0 Å². The number of anilines is 1. The number of benzene rings is 1. The molecule has 2 heterocycles. The molecule has 21 heavy (non-hydrogen) atoms. The Hall–Kier alpha value is -2.43. The second-order valence-corrected chi connectivity index (χ2v) is 5.15. The van der Waals surface area contributed by atoms with Gasteiger partial charge >= 0.3 is 0 Å². The highest BCUT2D eigenvalue weighted by Gasteiger charge is 2.16. The number of rotatable bonds is 3. The Morgan fingerprint density at radius 1 is 0.952 bits per heavy atom. The minimum atomic E-state index is 0.867. The van der Waals surface area contributed by atoms with Crippen molar-refractivity contribution in [3.05, 3.63) is 54.2 Å². The highest BCUT2D eigenvalue weighted by atomic mass is 15.6. The number of pyridine rings is 1. The first kappa shape index (κ1) is 13.5. The van der Waals surface area contributed by atoms with Crippen molar-refractivity contribution in [2.75, 3.05) is 31.1 Å². The first-order chi connectivity index (χ1) is 10.3. The van der Waals surface area contributed by atoms with E-state index in [1.165, 1.54) is 5.56 Å². The van der Waals surface area contributed by atoms with E-state index in [9.17, 15) is 0 Å². The van der Waals surface area contributed by atoms with Gasteiger partial charge in [-0.2, -0.15) is 0 Å². The van der Waals surface area contributed by atoms with E-state index in [1.54, 1.807) is 0 Å². The standard InChI is InChI=1S/C16H19N5/c1-14-5-7-15(8-6-14)18-19-21-12-10-20(11-13-21)16-4-2-3-9-17-16/h2-9H,10-13H2,1H3/b19-18+. The number of hydrogen-bond donors (Lipinski definition) is 0. The fourth-order valence-corrected chi connectivity index (χ4v) is 2.28. The van der Waals surface area contributed by atoms with Gasteiger partial charge < -0.3 is 4.90 Å². The summed E-state index contributed by atoms with van der Waals surface area (Å²) in [5, 5.41) is 10.6. The fourth-order valence-electron chi connectivity index (χ4n) is 2.28. The third kappa shape index (κ3) is 3.56. The maximum absolute atomic E-state index is 4.38. The van der Waals surface area contributed by atoms with Crippen molar-refractivity contribution < 1.29 is 0 Å². The van der Waals surface area contributed by atoms with Crippen LogP contribution in [0.1, 0.15) is 5.56 Å². The molecule has 0 spiro atoms. The number of aromatic nitrogens is 1. The average molecular weight is 281 g/mol. The van der Waals surface area contributed by atoms with Gasteiger partial charge in [0, 0.05) is 19.3 Å². The van der Waals surface area contributed by atoms with Crippen molar-refractivity contribution >= 4 is 11.5 Å². The van der Waals surface area contributed by atoms with Crippen LogP contribution in [0, 0.1) is 6.92 Å². The van der Waals surface area contributed by atoms with Crippen LogP contribution in [-0.4, -0.2) is 36.2 Å². The molecule has 5 nitrogen and oxygen atoms in total. The first-order valence-electron chi connectivity index (χ1n) is 7.20. The Morgan fingerprint density at radius 3 is 2.38 bits per heavy atom. The van der Waals surface area contributed by atoms with E-state index in [0.717, 1.165) is 37.7 Å². The Kier molecular flexibility index (Phi) is 4.09. The van der Waals surface area contributed by atoms with E-state index in [4.69, 9.17) is 0 Å². The van der Waals surface area contributed by atoms with E-state index >= 15 is 0 Å². The Bertz CT molecular complexity index is 586. The molecule has 1 aromatic heterocycles. The second-order valence-electron chi connectivity index (χ2n) is 5.15. The van der Waals surface area contributed by atoms with Crippen LogP contribution in [0.15, 0.2) is 59.0 Å². The van der Waals surface area contributed by atoms with E-state index in [2.05, 4.69) is 27.1 Å². The van der Waals surface area contributed by atoms with Crippen LogP contribution in [0.5, 0.6) is 0 Å². The summed E-state index contributed by atoms with van der Waals surface area (Å²) in [6.07, 6.45) is 1.83. The Labute approximate surface area is 124 Å². The lowest BCUT2D eigenvalue weighted by atomic mass is 10.2. The third-order valence-corrected chi connectivity index (χ3v) is 3.55. The highest BCUT2D eigenvalue weighted by Crippen LogP contribution is 2.16. The minimum Gasteiger partial charge on any atom is -0.353 e. The minimum absolute atomic E-state index is 0.867. The molecule has 1 fully saturated rings. The van der Waals surface area contributed by atoms with Gasteiger partial charge in [0.2, 0.25) is 0 Å². The Balaban J connectivity index is 1.55. The molecule has 1 saturated heterocycles. The summed E-state index contributed by atoms with van der Waals surface area (Å²) in [5.41, 5.74) is 2.13. The van der Waals surface area contributed by atoms with Gasteiger partial charge in [-0.3, -0.25) is 5.01 Å². The van der Waals surface area contributed by atoms with Gasteiger partial charge in [0.1, 0.15) is 5.82 Å². The van der Waals surface area contributed by atoms with Crippen molar-refractivity contribution in [2.24, 2.45) is 10.3 Å².